The SMILES string of the molecule is Cc1ccc(Cl)cc1NC1CCOc2c(Cl)cc(Cl)cc21. The topological polar surface area (TPSA) is 21.3 Å². The van der Waals surface area contributed by atoms with E-state index in [9.17, 15) is 0 Å². The summed E-state index contributed by atoms with van der Waals surface area (Å²) in [7, 11) is 0. The normalized spacial score (nSPS) is 17.0. The van der Waals surface area contributed by atoms with E-state index in [1.54, 1.807) is 6.07 Å². The van der Waals surface area contributed by atoms with Crippen LogP contribution in [-0.4, -0.2) is 6.61 Å². The zero-order chi connectivity index (χ0) is 15.0. The van der Waals surface area contributed by atoms with Crippen molar-refractivity contribution in [2.45, 2.75) is 19.4 Å². The van der Waals surface area contributed by atoms with Crippen LogP contribution in [0.2, 0.25) is 15.1 Å². The highest BCUT2D eigenvalue weighted by atomic mass is 35.5. The molecule has 1 aliphatic heterocycles. The molecule has 0 saturated carbocycles. The fourth-order valence-electron chi connectivity index (χ4n) is 2.51. The third kappa shape index (κ3) is 3.08. The highest BCUT2D eigenvalue weighted by Gasteiger charge is 2.24. The minimum Gasteiger partial charge on any atom is -0.492 e. The van der Waals surface area contributed by atoms with Crippen molar-refractivity contribution in [2.24, 2.45) is 0 Å². The van der Waals surface area contributed by atoms with E-state index in [1.807, 2.05) is 31.2 Å². The minimum atomic E-state index is 0.0992. The standard InChI is InChI=1S/C16H14Cl3NO/c1-9-2-3-10(17)8-15(9)20-14-4-5-21-16-12(14)6-11(18)7-13(16)19/h2-3,6-8,14,20H,4-5H2,1H3. The van der Waals surface area contributed by atoms with Crippen molar-refractivity contribution in [1.29, 1.82) is 0 Å². The zero-order valence-corrected chi connectivity index (χ0v) is 13.7. The van der Waals surface area contributed by atoms with Gasteiger partial charge in [0.25, 0.3) is 0 Å². The molecule has 2 aromatic carbocycles. The Balaban J connectivity index is 1.97. The van der Waals surface area contributed by atoms with E-state index in [-0.39, 0.29) is 6.04 Å². The molecule has 1 unspecified atom stereocenters. The van der Waals surface area contributed by atoms with Gasteiger partial charge in [0.1, 0.15) is 5.75 Å². The van der Waals surface area contributed by atoms with Gasteiger partial charge in [-0.3, -0.25) is 0 Å². The molecule has 1 aliphatic rings. The largest absolute Gasteiger partial charge is 0.492 e. The molecule has 5 heteroatoms. The second-order valence-electron chi connectivity index (χ2n) is 5.10. The van der Waals surface area contributed by atoms with Gasteiger partial charge in [0.15, 0.2) is 0 Å². The van der Waals surface area contributed by atoms with Crippen LogP contribution in [0.4, 0.5) is 5.69 Å². The molecule has 2 aromatic rings. The van der Waals surface area contributed by atoms with Crippen molar-refractivity contribution in [2.75, 3.05) is 11.9 Å². The van der Waals surface area contributed by atoms with Crippen molar-refractivity contribution >= 4 is 40.5 Å². The Bertz CT molecular complexity index is 687. The van der Waals surface area contributed by atoms with Crippen LogP contribution in [-0.2, 0) is 0 Å². The molecule has 0 fully saturated rings. The molecule has 0 spiro atoms. The second kappa shape index (κ2) is 5.96. The predicted octanol–water partition coefficient (Wildman–Crippen LogP) is 5.89. The van der Waals surface area contributed by atoms with Crippen LogP contribution >= 0.6 is 34.8 Å². The number of anilines is 1. The molecular weight excluding hydrogens is 329 g/mol. The molecule has 3 rings (SSSR count). The van der Waals surface area contributed by atoms with E-state index >= 15 is 0 Å². The molecule has 2 nitrogen and oxygen atoms in total. The lowest BCUT2D eigenvalue weighted by Crippen LogP contribution is -2.21. The van der Waals surface area contributed by atoms with Gasteiger partial charge in [-0.1, -0.05) is 40.9 Å². The first-order chi connectivity index (χ1) is 10.0. The fraction of sp³-hybridized carbons (Fsp3) is 0.250. The van der Waals surface area contributed by atoms with Gasteiger partial charge in [-0.15, -0.1) is 0 Å². The van der Waals surface area contributed by atoms with Crippen LogP contribution in [0.15, 0.2) is 30.3 Å². The molecule has 0 bridgehead atoms. The summed E-state index contributed by atoms with van der Waals surface area (Å²) in [4.78, 5) is 0. The summed E-state index contributed by atoms with van der Waals surface area (Å²) >= 11 is 18.4. The Morgan fingerprint density at radius 2 is 1.90 bits per heavy atom. The van der Waals surface area contributed by atoms with Crippen LogP contribution < -0.4 is 10.1 Å². The maximum absolute atomic E-state index is 6.21. The number of fused-ring (bicyclic) bond motifs is 1. The molecule has 21 heavy (non-hydrogen) atoms. The third-order valence-electron chi connectivity index (χ3n) is 3.59. The van der Waals surface area contributed by atoms with Gasteiger partial charge >= 0.3 is 0 Å². The highest BCUT2D eigenvalue weighted by Crippen LogP contribution is 2.41. The fourth-order valence-corrected chi connectivity index (χ4v) is 3.25. The number of hydrogen-bond donors (Lipinski definition) is 1. The molecule has 0 radical (unpaired) electrons. The quantitative estimate of drug-likeness (QED) is 0.734. The molecule has 1 heterocycles. The summed E-state index contributed by atoms with van der Waals surface area (Å²) < 4.78 is 5.67. The number of nitrogens with one attached hydrogen (secondary N) is 1. The first kappa shape index (κ1) is 14.8. The van der Waals surface area contributed by atoms with Crippen molar-refractivity contribution in [3.63, 3.8) is 0 Å². The highest BCUT2D eigenvalue weighted by molar-refractivity contribution is 6.35. The summed E-state index contributed by atoms with van der Waals surface area (Å²) in [6.07, 6.45) is 0.843. The van der Waals surface area contributed by atoms with Gasteiger partial charge in [-0.2, -0.15) is 0 Å². The minimum absolute atomic E-state index is 0.0992. The van der Waals surface area contributed by atoms with Gasteiger partial charge in [0.2, 0.25) is 0 Å². The number of benzene rings is 2. The lowest BCUT2D eigenvalue weighted by Gasteiger charge is -2.29. The average Bonchev–Trinajstić information content (AvgIpc) is 2.43. The lowest BCUT2D eigenvalue weighted by atomic mass is 9.99. The first-order valence-corrected chi connectivity index (χ1v) is 7.82. The van der Waals surface area contributed by atoms with Gasteiger partial charge in [0.05, 0.1) is 17.7 Å². The molecule has 0 saturated heterocycles. The number of halogens is 3. The van der Waals surface area contributed by atoms with Crippen LogP contribution in [0.1, 0.15) is 23.6 Å². The van der Waals surface area contributed by atoms with Crippen molar-refractivity contribution in [1.82, 2.24) is 0 Å². The van der Waals surface area contributed by atoms with E-state index in [1.165, 1.54) is 0 Å². The molecular formula is C16H14Cl3NO. The monoisotopic (exact) mass is 341 g/mol. The summed E-state index contributed by atoms with van der Waals surface area (Å²) in [6, 6.07) is 9.51. The van der Waals surface area contributed by atoms with E-state index < -0.39 is 0 Å². The van der Waals surface area contributed by atoms with Gasteiger partial charge in [-0.25, -0.2) is 0 Å². The maximum atomic E-state index is 6.21. The summed E-state index contributed by atoms with van der Waals surface area (Å²) in [5, 5.41) is 5.38. The van der Waals surface area contributed by atoms with Gasteiger partial charge in [-0.05, 0) is 36.8 Å². The van der Waals surface area contributed by atoms with Crippen LogP contribution in [0.3, 0.4) is 0 Å². The lowest BCUT2D eigenvalue weighted by molar-refractivity contribution is 0.274. The van der Waals surface area contributed by atoms with Gasteiger partial charge in [0, 0.05) is 27.7 Å². The van der Waals surface area contributed by atoms with Crippen LogP contribution in [0.5, 0.6) is 5.75 Å². The van der Waals surface area contributed by atoms with Crippen LogP contribution in [0, 0.1) is 6.92 Å². The predicted molar refractivity (Wildman–Crippen MR) is 89.1 cm³/mol. The van der Waals surface area contributed by atoms with E-state index in [2.05, 4.69) is 5.32 Å². The smallest absolute Gasteiger partial charge is 0.143 e. The Morgan fingerprint density at radius 3 is 2.71 bits per heavy atom. The van der Waals surface area contributed by atoms with Crippen molar-refractivity contribution < 1.29 is 4.74 Å². The second-order valence-corrected chi connectivity index (χ2v) is 6.38. The molecule has 0 aliphatic carbocycles. The van der Waals surface area contributed by atoms with Crippen molar-refractivity contribution in [3.8, 4) is 5.75 Å². The molecule has 1 N–H and O–H groups in total. The third-order valence-corrected chi connectivity index (χ3v) is 4.33. The Kier molecular flexibility index (Phi) is 4.21. The summed E-state index contributed by atoms with van der Waals surface area (Å²) in [5.41, 5.74) is 3.13. The maximum Gasteiger partial charge on any atom is 0.143 e. The molecule has 1 atom stereocenters. The summed E-state index contributed by atoms with van der Waals surface area (Å²) in [5.74, 6) is 0.712. The Hall–Kier alpha value is -1.09. The first-order valence-electron chi connectivity index (χ1n) is 6.69. The number of hydrogen-bond acceptors (Lipinski definition) is 2. The average molecular weight is 343 g/mol. The number of ether oxygens (including phenoxy) is 1. The van der Waals surface area contributed by atoms with E-state index in [0.717, 1.165) is 23.2 Å². The van der Waals surface area contributed by atoms with E-state index in [4.69, 9.17) is 39.5 Å². The molecule has 0 amide bonds. The number of aryl methyl sites for hydroxylation is 1. The van der Waals surface area contributed by atoms with E-state index in [0.29, 0.717) is 27.4 Å². The molecule has 110 valence electrons. The Morgan fingerprint density at radius 1 is 1.10 bits per heavy atom. The van der Waals surface area contributed by atoms with Gasteiger partial charge < -0.3 is 10.1 Å². The number of rotatable bonds is 2. The van der Waals surface area contributed by atoms with Crippen LogP contribution in [0.25, 0.3) is 0 Å². The molecule has 0 aromatic heterocycles. The Labute approximate surface area is 139 Å². The summed E-state index contributed by atoms with van der Waals surface area (Å²) in [6.45, 7) is 2.66. The zero-order valence-electron chi connectivity index (χ0n) is 11.4. The van der Waals surface area contributed by atoms with Crippen molar-refractivity contribution in [3.05, 3.63) is 56.5 Å².